The summed E-state index contributed by atoms with van der Waals surface area (Å²) in [5.74, 6) is 6.00. The average molecular weight is 381 g/mol. The fraction of sp³-hybridized carbons (Fsp3) is 0.200. The maximum absolute atomic E-state index is 12.3. The molecule has 0 aromatic heterocycles. The van der Waals surface area contributed by atoms with E-state index in [1.807, 2.05) is 70.2 Å². The maximum atomic E-state index is 12.3. The van der Waals surface area contributed by atoms with Crippen molar-refractivity contribution in [3.05, 3.63) is 72.3 Å². The monoisotopic (exact) mass is 381 g/mol. The van der Waals surface area contributed by atoms with Crippen molar-refractivity contribution < 1.29 is 37.5 Å². The van der Waals surface area contributed by atoms with E-state index in [4.69, 9.17) is 0 Å². The Morgan fingerprint density at radius 1 is 0.826 bits per heavy atom. The van der Waals surface area contributed by atoms with Crippen LogP contribution in [-0.4, -0.2) is 5.91 Å². The second kappa shape index (κ2) is 11.2. The zero-order chi connectivity index (χ0) is 16.5. The van der Waals surface area contributed by atoms with Crippen LogP contribution in [0.3, 0.4) is 0 Å². The average Bonchev–Trinajstić information content (AvgIpc) is 2.62. The largest absolute Gasteiger partial charge is 0.462 e. The van der Waals surface area contributed by atoms with E-state index in [2.05, 4.69) is 18.9 Å². The van der Waals surface area contributed by atoms with Gasteiger partial charge in [0.2, 0.25) is 5.91 Å². The number of anilines is 1. The third-order valence-corrected chi connectivity index (χ3v) is 2.93. The van der Waals surface area contributed by atoms with Crippen LogP contribution in [0.15, 0.2) is 48.5 Å². The molecule has 23 heavy (non-hydrogen) atoms. The second-order valence-electron chi connectivity index (χ2n) is 4.05. The van der Waals surface area contributed by atoms with Gasteiger partial charge in [0.1, 0.15) is 0 Å². The van der Waals surface area contributed by atoms with E-state index in [-0.39, 0.29) is 38.6 Å². The first-order valence-corrected chi connectivity index (χ1v) is 7.62. The van der Waals surface area contributed by atoms with Crippen LogP contribution < -0.4 is 4.90 Å². The number of rotatable bonds is 0. The number of carbonyl (C=O) groups is 1. The normalized spacial score (nSPS) is 10.5. The van der Waals surface area contributed by atoms with Crippen molar-refractivity contribution in [2.24, 2.45) is 0 Å². The Kier molecular flexibility index (Phi) is 10.5. The molecule has 1 amide bonds. The van der Waals surface area contributed by atoms with Crippen molar-refractivity contribution in [3.8, 4) is 11.8 Å². The zero-order valence-electron chi connectivity index (χ0n) is 14.3. The van der Waals surface area contributed by atoms with E-state index in [0.29, 0.717) is 5.56 Å². The standard InChI is InChI=1S/C16H10NO.2C2H6.Y/c1-17-15-9-5-3-7-13(15)11-10-12-6-2-4-8-14(12)16(17)18;2*1-2;/h2-9H,1H2;2*1-2H3;/q-1;;;. The van der Waals surface area contributed by atoms with Gasteiger partial charge in [-0.05, 0) is 24.3 Å². The molecule has 0 spiro atoms. The summed E-state index contributed by atoms with van der Waals surface area (Å²) in [5, 5.41) is 0. The van der Waals surface area contributed by atoms with Crippen molar-refractivity contribution in [1.29, 1.82) is 0 Å². The Labute approximate surface area is 165 Å². The van der Waals surface area contributed by atoms with Crippen LogP contribution >= 0.6 is 0 Å². The molecule has 0 atom stereocenters. The molecule has 2 aromatic rings. The molecule has 2 aromatic carbocycles. The summed E-state index contributed by atoms with van der Waals surface area (Å²) in [6.07, 6.45) is 0. The quantitative estimate of drug-likeness (QED) is 0.470. The van der Waals surface area contributed by atoms with Crippen molar-refractivity contribution in [1.82, 2.24) is 0 Å². The van der Waals surface area contributed by atoms with E-state index in [1.54, 1.807) is 6.07 Å². The van der Waals surface area contributed by atoms with Crippen LogP contribution in [0.2, 0.25) is 0 Å². The number of fused-ring (bicyclic) bond motifs is 2. The Balaban J connectivity index is 0.000000901. The van der Waals surface area contributed by atoms with Crippen LogP contribution in [0.1, 0.15) is 49.2 Å². The van der Waals surface area contributed by atoms with E-state index in [0.717, 1.165) is 16.8 Å². The predicted octanol–water partition coefficient (Wildman–Crippen LogP) is 4.89. The molecule has 3 rings (SSSR count). The molecule has 3 heteroatoms. The number of nitrogens with zero attached hydrogens (tertiary/aromatic N) is 1. The molecular weight excluding hydrogens is 359 g/mol. The topological polar surface area (TPSA) is 20.3 Å². The maximum Gasteiger partial charge on any atom is 0.230 e. The molecule has 0 N–H and O–H groups in total. The number of amides is 1. The summed E-state index contributed by atoms with van der Waals surface area (Å²) in [6, 6.07) is 14.9. The molecule has 1 aliphatic heterocycles. The Morgan fingerprint density at radius 2 is 1.30 bits per heavy atom. The fourth-order valence-corrected chi connectivity index (χ4v) is 1.98. The number of carbonyl (C=O) groups excluding carboxylic acids is 1. The summed E-state index contributed by atoms with van der Waals surface area (Å²) in [4.78, 5) is 13.8. The third kappa shape index (κ3) is 5.03. The van der Waals surface area contributed by atoms with Crippen molar-refractivity contribution >= 4 is 11.6 Å². The van der Waals surface area contributed by atoms with Gasteiger partial charge >= 0.3 is 0 Å². The first-order chi connectivity index (χ1) is 10.8. The second-order valence-corrected chi connectivity index (χ2v) is 4.05. The fourth-order valence-electron chi connectivity index (χ4n) is 1.98. The van der Waals surface area contributed by atoms with Crippen LogP contribution in [0.5, 0.6) is 0 Å². The van der Waals surface area contributed by atoms with Gasteiger partial charge in [0.15, 0.2) is 0 Å². The molecule has 1 heterocycles. The molecule has 0 saturated heterocycles. The van der Waals surface area contributed by atoms with Gasteiger partial charge in [-0.3, -0.25) is 4.79 Å². The van der Waals surface area contributed by atoms with Gasteiger partial charge in [0.25, 0.3) is 0 Å². The van der Waals surface area contributed by atoms with Crippen molar-refractivity contribution in [2.75, 3.05) is 4.90 Å². The van der Waals surface area contributed by atoms with E-state index in [1.165, 1.54) is 4.90 Å². The third-order valence-electron chi connectivity index (χ3n) is 2.93. The van der Waals surface area contributed by atoms with Crippen molar-refractivity contribution in [2.45, 2.75) is 27.7 Å². The summed E-state index contributed by atoms with van der Waals surface area (Å²) >= 11 is 0. The van der Waals surface area contributed by atoms with Gasteiger partial charge in [0.05, 0.1) is 5.56 Å². The number of hydrogen-bond donors (Lipinski definition) is 0. The molecular formula is C20H22NOY-. The summed E-state index contributed by atoms with van der Waals surface area (Å²) in [7, 11) is 3.84. The Hall–Kier alpha value is -1.43. The molecule has 0 saturated carbocycles. The number of benzene rings is 2. The predicted molar refractivity (Wildman–Crippen MR) is 93.7 cm³/mol. The van der Waals surface area contributed by atoms with Crippen LogP contribution in [0, 0.1) is 18.9 Å². The van der Waals surface area contributed by atoms with Gasteiger partial charge < -0.3 is 4.90 Å². The molecule has 2 nitrogen and oxygen atoms in total. The molecule has 0 aliphatic carbocycles. The van der Waals surface area contributed by atoms with Crippen molar-refractivity contribution in [3.63, 3.8) is 0 Å². The van der Waals surface area contributed by atoms with Gasteiger partial charge in [-0.25, -0.2) is 7.05 Å². The molecule has 0 unspecified atom stereocenters. The molecule has 1 aliphatic rings. The van der Waals surface area contributed by atoms with Gasteiger partial charge in [0, 0.05) is 49.5 Å². The molecule has 117 valence electrons. The van der Waals surface area contributed by atoms with Crippen LogP contribution in [-0.2, 0) is 32.7 Å². The van der Waals surface area contributed by atoms with Crippen LogP contribution in [0.4, 0.5) is 5.69 Å². The van der Waals surface area contributed by atoms with E-state index >= 15 is 0 Å². The van der Waals surface area contributed by atoms with Gasteiger partial charge in [-0.2, -0.15) is 0 Å². The van der Waals surface area contributed by atoms with Gasteiger partial charge in [-0.1, -0.05) is 63.8 Å². The summed E-state index contributed by atoms with van der Waals surface area (Å²) < 4.78 is 0. The van der Waals surface area contributed by atoms with Gasteiger partial charge in [-0.15, -0.1) is 0 Å². The first-order valence-electron chi connectivity index (χ1n) is 7.62. The van der Waals surface area contributed by atoms with E-state index < -0.39 is 0 Å². The van der Waals surface area contributed by atoms with E-state index in [9.17, 15) is 4.79 Å². The Morgan fingerprint density at radius 3 is 1.96 bits per heavy atom. The summed E-state index contributed by atoms with van der Waals surface area (Å²) in [6.45, 7) is 8.00. The molecule has 0 fully saturated rings. The number of para-hydroxylation sites is 1. The smallest absolute Gasteiger partial charge is 0.230 e. The number of hydrogen-bond acceptors (Lipinski definition) is 1. The van der Waals surface area contributed by atoms with Crippen LogP contribution in [0.25, 0.3) is 0 Å². The minimum atomic E-state index is -0.132. The molecule has 0 bridgehead atoms. The molecule has 1 radical (unpaired) electrons. The summed E-state index contributed by atoms with van der Waals surface area (Å²) in [5.41, 5.74) is 2.89. The minimum absolute atomic E-state index is 0. The Bertz CT molecular complexity index is 698. The zero-order valence-corrected chi connectivity index (χ0v) is 17.1. The SMILES string of the molecule is CC.CC.[CH2-]N1C(=O)c2ccccc2C#Cc2ccccc21.[Y]. The minimum Gasteiger partial charge on any atom is -0.462 e. The first kappa shape index (κ1) is 21.6.